The van der Waals surface area contributed by atoms with Gasteiger partial charge in [0.25, 0.3) is 5.69 Å². The zero-order valence-corrected chi connectivity index (χ0v) is 15.3. The lowest BCUT2D eigenvalue weighted by atomic mass is 9.85. The average Bonchev–Trinajstić information content (AvgIpc) is 2.59. The number of hydrogen-bond acceptors (Lipinski definition) is 5. The quantitative estimate of drug-likeness (QED) is 0.371. The fourth-order valence-corrected chi connectivity index (χ4v) is 3.08. The molecule has 1 saturated heterocycles. The second-order valence-corrected chi connectivity index (χ2v) is 6.34. The van der Waals surface area contributed by atoms with Gasteiger partial charge >= 0.3 is 0 Å². The van der Waals surface area contributed by atoms with Crippen molar-refractivity contribution in [2.45, 2.75) is 26.2 Å². The van der Waals surface area contributed by atoms with Crippen LogP contribution in [0.15, 0.2) is 24.3 Å². The molecule has 25 heavy (non-hydrogen) atoms. The van der Waals surface area contributed by atoms with Crippen LogP contribution in [0.4, 0.5) is 11.4 Å². The summed E-state index contributed by atoms with van der Waals surface area (Å²) in [7, 11) is 0. The SMILES string of the molecule is CC(CC(=O)NCCNc1ccccc1[N+](=O)[O-])C1CCCNC1.Cl. The number of carbonyl (C=O) groups excluding carboxylic acids is 1. The van der Waals surface area contributed by atoms with E-state index in [1.54, 1.807) is 18.2 Å². The number of nitrogens with zero attached hydrogens (tertiary/aromatic N) is 1. The number of nitro benzene ring substituents is 1. The Bertz CT molecular complexity index is 565. The van der Waals surface area contributed by atoms with E-state index in [1.807, 2.05) is 0 Å². The van der Waals surface area contributed by atoms with Crippen molar-refractivity contribution in [1.29, 1.82) is 0 Å². The number of piperidine rings is 1. The first-order valence-electron chi connectivity index (χ1n) is 8.52. The topological polar surface area (TPSA) is 96.3 Å². The predicted molar refractivity (Wildman–Crippen MR) is 101 cm³/mol. The van der Waals surface area contributed by atoms with Gasteiger partial charge in [0.05, 0.1) is 4.92 Å². The maximum atomic E-state index is 12.0. The molecule has 0 aliphatic carbocycles. The Morgan fingerprint density at radius 3 is 2.84 bits per heavy atom. The van der Waals surface area contributed by atoms with Crippen molar-refractivity contribution in [3.8, 4) is 0 Å². The molecule has 1 amide bonds. The Kier molecular flexibility index (Phi) is 9.23. The van der Waals surface area contributed by atoms with E-state index in [4.69, 9.17) is 0 Å². The standard InChI is InChI=1S/C17H26N4O3.ClH/c1-13(14-5-4-8-18-12-14)11-17(22)20-10-9-19-15-6-2-3-7-16(15)21(23)24;/h2-3,6-7,13-14,18-19H,4-5,8-12H2,1H3,(H,20,22);1H. The van der Waals surface area contributed by atoms with Crippen molar-refractivity contribution in [3.63, 3.8) is 0 Å². The highest BCUT2D eigenvalue weighted by atomic mass is 35.5. The van der Waals surface area contributed by atoms with Crippen LogP contribution < -0.4 is 16.0 Å². The van der Waals surface area contributed by atoms with Crippen LogP contribution in [-0.4, -0.2) is 37.0 Å². The molecule has 7 nitrogen and oxygen atoms in total. The number of nitrogens with one attached hydrogen (secondary N) is 3. The van der Waals surface area contributed by atoms with E-state index in [2.05, 4.69) is 22.9 Å². The van der Waals surface area contributed by atoms with Crippen molar-refractivity contribution < 1.29 is 9.72 Å². The van der Waals surface area contributed by atoms with Gasteiger partial charge in [0.15, 0.2) is 0 Å². The Balaban J connectivity index is 0.00000312. The van der Waals surface area contributed by atoms with Crippen molar-refractivity contribution in [2.75, 3.05) is 31.5 Å². The number of anilines is 1. The second-order valence-electron chi connectivity index (χ2n) is 6.34. The highest BCUT2D eigenvalue weighted by Crippen LogP contribution is 2.23. The number of hydrogen-bond donors (Lipinski definition) is 3. The summed E-state index contributed by atoms with van der Waals surface area (Å²) in [6, 6.07) is 6.50. The predicted octanol–water partition coefficient (Wildman–Crippen LogP) is 2.57. The first-order valence-corrected chi connectivity index (χ1v) is 8.52. The van der Waals surface area contributed by atoms with Crippen molar-refractivity contribution in [1.82, 2.24) is 10.6 Å². The third-order valence-corrected chi connectivity index (χ3v) is 4.51. The summed E-state index contributed by atoms with van der Waals surface area (Å²) in [5, 5.41) is 20.2. The molecular weight excluding hydrogens is 344 g/mol. The molecule has 8 heteroatoms. The molecule has 1 fully saturated rings. The summed E-state index contributed by atoms with van der Waals surface area (Å²) in [6.07, 6.45) is 2.88. The van der Waals surface area contributed by atoms with Gasteiger partial charge in [-0.2, -0.15) is 0 Å². The molecule has 0 spiro atoms. The van der Waals surface area contributed by atoms with Crippen LogP contribution in [0, 0.1) is 22.0 Å². The van der Waals surface area contributed by atoms with Crippen LogP contribution in [0.3, 0.4) is 0 Å². The minimum Gasteiger partial charge on any atom is -0.378 e. The molecule has 3 N–H and O–H groups in total. The summed E-state index contributed by atoms with van der Waals surface area (Å²) in [5.74, 6) is 0.966. The minimum absolute atomic E-state index is 0. The fourth-order valence-electron chi connectivity index (χ4n) is 3.08. The van der Waals surface area contributed by atoms with Gasteiger partial charge in [0.2, 0.25) is 5.91 Å². The number of nitro groups is 1. The van der Waals surface area contributed by atoms with Gasteiger partial charge in [-0.1, -0.05) is 19.1 Å². The van der Waals surface area contributed by atoms with Gasteiger partial charge < -0.3 is 16.0 Å². The largest absolute Gasteiger partial charge is 0.378 e. The van der Waals surface area contributed by atoms with E-state index < -0.39 is 4.92 Å². The van der Waals surface area contributed by atoms with E-state index in [1.165, 1.54) is 18.9 Å². The molecule has 1 aromatic rings. The Morgan fingerprint density at radius 1 is 1.40 bits per heavy atom. The average molecular weight is 371 g/mol. The van der Waals surface area contributed by atoms with Crippen LogP contribution in [0.1, 0.15) is 26.2 Å². The third-order valence-electron chi connectivity index (χ3n) is 4.51. The maximum absolute atomic E-state index is 12.0. The smallest absolute Gasteiger partial charge is 0.292 e. The molecule has 2 rings (SSSR count). The van der Waals surface area contributed by atoms with E-state index in [0.717, 1.165) is 13.1 Å². The van der Waals surface area contributed by atoms with E-state index in [9.17, 15) is 14.9 Å². The lowest BCUT2D eigenvalue weighted by molar-refractivity contribution is -0.384. The van der Waals surface area contributed by atoms with Gasteiger partial charge in [-0.05, 0) is 43.8 Å². The molecule has 0 saturated carbocycles. The van der Waals surface area contributed by atoms with E-state index in [0.29, 0.717) is 37.0 Å². The normalized spacial score (nSPS) is 17.9. The Morgan fingerprint density at radius 2 is 2.16 bits per heavy atom. The van der Waals surface area contributed by atoms with Crippen molar-refractivity contribution >= 4 is 29.7 Å². The third kappa shape index (κ3) is 6.88. The first-order chi connectivity index (χ1) is 11.6. The zero-order chi connectivity index (χ0) is 17.4. The number of benzene rings is 1. The first kappa shape index (κ1) is 21.2. The maximum Gasteiger partial charge on any atom is 0.292 e. The second kappa shape index (κ2) is 10.9. The molecule has 1 aliphatic rings. The van der Waals surface area contributed by atoms with Crippen molar-refractivity contribution in [3.05, 3.63) is 34.4 Å². The van der Waals surface area contributed by atoms with Crippen molar-refractivity contribution in [2.24, 2.45) is 11.8 Å². The summed E-state index contributed by atoms with van der Waals surface area (Å²) < 4.78 is 0. The number of halogens is 1. The zero-order valence-electron chi connectivity index (χ0n) is 14.5. The lowest BCUT2D eigenvalue weighted by Gasteiger charge is -2.28. The monoisotopic (exact) mass is 370 g/mol. The molecule has 2 atom stereocenters. The number of carbonyl (C=O) groups is 1. The molecule has 2 unspecified atom stereocenters. The molecule has 0 bridgehead atoms. The molecule has 140 valence electrons. The van der Waals surface area contributed by atoms with Gasteiger partial charge in [-0.15, -0.1) is 12.4 Å². The number of amides is 1. The Labute approximate surface area is 154 Å². The highest BCUT2D eigenvalue weighted by molar-refractivity contribution is 5.85. The van der Waals surface area contributed by atoms with E-state index >= 15 is 0 Å². The Hall–Kier alpha value is -1.86. The van der Waals surface area contributed by atoms with E-state index in [-0.39, 0.29) is 24.0 Å². The summed E-state index contributed by atoms with van der Waals surface area (Å²) in [5.41, 5.74) is 0.514. The van der Waals surface area contributed by atoms with Gasteiger partial charge in [0, 0.05) is 25.6 Å². The molecule has 1 aromatic carbocycles. The molecular formula is C17H27ClN4O3. The summed E-state index contributed by atoms with van der Waals surface area (Å²) >= 11 is 0. The molecule has 1 aliphatic heterocycles. The molecule has 1 heterocycles. The lowest BCUT2D eigenvalue weighted by Crippen LogP contribution is -2.36. The number of rotatable bonds is 8. The summed E-state index contributed by atoms with van der Waals surface area (Å²) in [4.78, 5) is 22.5. The minimum atomic E-state index is -0.416. The van der Waals surface area contributed by atoms with Crippen LogP contribution >= 0.6 is 12.4 Å². The van der Waals surface area contributed by atoms with Crippen LogP contribution in [0.5, 0.6) is 0 Å². The van der Waals surface area contributed by atoms with Crippen LogP contribution in [0.25, 0.3) is 0 Å². The van der Waals surface area contributed by atoms with Gasteiger partial charge in [-0.25, -0.2) is 0 Å². The fraction of sp³-hybridized carbons (Fsp3) is 0.588. The summed E-state index contributed by atoms with van der Waals surface area (Å²) in [6.45, 7) is 5.10. The van der Waals surface area contributed by atoms with Crippen LogP contribution in [0.2, 0.25) is 0 Å². The van der Waals surface area contributed by atoms with Gasteiger partial charge in [0.1, 0.15) is 5.69 Å². The van der Waals surface area contributed by atoms with Gasteiger partial charge in [-0.3, -0.25) is 14.9 Å². The molecule has 0 radical (unpaired) electrons. The highest BCUT2D eigenvalue weighted by Gasteiger charge is 2.21. The molecule has 0 aromatic heterocycles. The van der Waals surface area contributed by atoms with Crippen LogP contribution in [-0.2, 0) is 4.79 Å². The number of para-hydroxylation sites is 2.